The molecule has 0 atom stereocenters. The number of carbonyl (C=O) groups excluding carboxylic acids is 1. The van der Waals surface area contributed by atoms with Crippen LogP contribution in [0.25, 0.3) is 0 Å². The number of carbonyl (C=O) groups is 1. The first-order valence-electron chi connectivity index (χ1n) is 4.95. The van der Waals surface area contributed by atoms with E-state index in [1.165, 1.54) is 0 Å². The molecule has 1 aliphatic heterocycles. The van der Waals surface area contributed by atoms with Crippen molar-refractivity contribution >= 4 is 6.03 Å². The highest BCUT2D eigenvalue weighted by atomic mass is 16.5. The maximum Gasteiger partial charge on any atom is 0.317 e. The van der Waals surface area contributed by atoms with Gasteiger partial charge in [0, 0.05) is 26.2 Å². The van der Waals surface area contributed by atoms with Crippen molar-refractivity contribution in [2.24, 2.45) is 0 Å². The second-order valence-electron chi connectivity index (χ2n) is 3.63. The number of nitrogens with zero attached hydrogens (tertiary/aromatic N) is 2. The van der Waals surface area contributed by atoms with Crippen LogP contribution in [0.5, 0.6) is 0 Å². The minimum Gasteiger partial charge on any atom is -0.378 e. The number of hydrogen-bond acceptors (Lipinski definition) is 3. The van der Waals surface area contributed by atoms with E-state index in [1.807, 2.05) is 14.1 Å². The third-order valence-corrected chi connectivity index (χ3v) is 2.13. The predicted molar refractivity (Wildman–Crippen MR) is 54.3 cm³/mol. The number of ether oxygens (including phenoxy) is 1. The van der Waals surface area contributed by atoms with Gasteiger partial charge in [0.25, 0.3) is 0 Å². The van der Waals surface area contributed by atoms with Gasteiger partial charge >= 0.3 is 6.03 Å². The summed E-state index contributed by atoms with van der Waals surface area (Å²) in [6.45, 7) is 4.53. The van der Waals surface area contributed by atoms with Crippen molar-refractivity contribution in [1.82, 2.24) is 15.1 Å². The van der Waals surface area contributed by atoms with Gasteiger partial charge in [-0.15, -0.1) is 0 Å². The van der Waals surface area contributed by atoms with Crippen LogP contribution in [0, 0.1) is 0 Å². The van der Waals surface area contributed by atoms with Gasteiger partial charge in [-0.05, 0) is 14.1 Å². The monoisotopic (exact) mass is 201 g/mol. The highest BCUT2D eigenvalue weighted by Crippen LogP contribution is 1.95. The SMILES string of the molecule is CN(C)CCOCCN1CCNC1=O. The Kier molecular flexibility index (Phi) is 4.69. The molecule has 0 aromatic carbocycles. The minimum atomic E-state index is 0.0289. The molecule has 1 N–H and O–H groups in total. The number of rotatable bonds is 6. The molecule has 14 heavy (non-hydrogen) atoms. The summed E-state index contributed by atoms with van der Waals surface area (Å²) in [6.07, 6.45) is 0. The molecule has 5 heteroatoms. The molecule has 1 rings (SSSR count). The number of amides is 2. The summed E-state index contributed by atoms with van der Waals surface area (Å²) in [7, 11) is 4.02. The van der Waals surface area contributed by atoms with Crippen molar-refractivity contribution < 1.29 is 9.53 Å². The number of likely N-dealkylation sites (N-methyl/N-ethyl adjacent to an activating group) is 1. The summed E-state index contributed by atoms with van der Waals surface area (Å²) >= 11 is 0. The van der Waals surface area contributed by atoms with Crippen molar-refractivity contribution in [3.8, 4) is 0 Å². The summed E-state index contributed by atoms with van der Waals surface area (Å²) < 4.78 is 5.39. The molecular formula is C9H19N3O2. The second-order valence-corrected chi connectivity index (χ2v) is 3.63. The molecule has 0 radical (unpaired) electrons. The molecule has 1 aliphatic rings. The molecule has 2 amide bonds. The first kappa shape index (κ1) is 11.3. The molecule has 1 fully saturated rings. The maximum absolute atomic E-state index is 11.1. The van der Waals surface area contributed by atoms with E-state index in [-0.39, 0.29) is 6.03 Å². The van der Waals surface area contributed by atoms with Gasteiger partial charge in [-0.25, -0.2) is 4.79 Å². The van der Waals surface area contributed by atoms with E-state index >= 15 is 0 Å². The fraction of sp³-hybridized carbons (Fsp3) is 0.889. The van der Waals surface area contributed by atoms with E-state index in [0.29, 0.717) is 13.2 Å². The number of hydrogen-bond donors (Lipinski definition) is 1. The second kappa shape index (κ2) is 5.82. The average Bonchev–Trinajstić information content (AvgIpc) is 2.51. The Hall–Kier alpha value is -0.810. The zero-order chi connectivity index (χ0) is 10.4. The molecule has 5 nitrogen and oxygen atoms in total. The van der Waals surface area contributed by atoms with Gasteiger partial charge in [0.05, 0.1) is 13.2 Å². The summed E-state index contributed by atoms with van der Waals surface area (Å²) in [5, 5.41) is 2.75. The van der Waals surface area contributed by atoms with Gasteiger partial charge < -0.3 is 19.9 Å². The summed E-state index contributed by atoms with van der Waals surface area (Å²) in [6, 6.07) is 0.0289. The molecule has 82 valence electrons. The zero-order valence-electron chi connectivity index (χ0n) is 8.95. The molecule has 0 bridgehead atoms. The van der Waals surface area contributed by atoms with Crippen LogP contribution in [0.3, 0.4) is 0 Å². The minimum absolute atomic E-state index is 0.0289. The van der Waals surface area contributed by atoms with Crippen LogP contribution >= 0.6 is 0 Å². The standard InChI is InChI=1S/C9H19N3O2/c1-11(2)5-7-14-8-6-12-4-3-10-9(12)13/h3-8H2,1-2H3,(H,10,13). The highest BCUT2D eigenvalue weighted by Gasteiger charge is 2.18. The van der Waals surface area contributed by atoms with Gasteiger partial charge in [-0.1, -0.05) is 0 Å². The van der Waals surface area contributed by atoms with Crippen LogP contribution in [0.15, 0.2) is 0 Å². The third-order valence-electron chi connectivity index (χ3n) is 2.13. The summed E-state index contributed by atoms with van der Waals surface area (Å²) in [5.41, 5.74) is 0. The molecule has 0 unspecified atom stereocenters. The van der Waals surface area contributed by atoms with E-state index in [9.17, 15) is 4.79 Å². The molecule has 0 aliphatic carbocycles. The van der Waals surface area contributed by atoms with Crippen molar-refractivity contribution in [2.75, 3.05) is 53.5 Å². The van der Waals surface area contributed by atoms with Crippen LogP contribution in [0.1, 0.15) is 0 Å². The first-order valence-corrected chi connectivity index (χ1v) is 4.95. The van der Waals surface area contributed by atoms with E-state index in [1.54, 1.807) is 4.90 Å². The van der Waals surface area contributed by atoms with Gasteiger partial charge in [0.15, 0.2) is 0 Å². The summed E-state index contributed by atoms with van der Waals surface area (Å²) in [4.78, 5) is 14.9. The zero-order valence-corrected chi connectivity index (χ0v) is 8.95. The smallest absolute Gasteiger partial charge is 0.317 e. The largest absolute Gasteiger partial charge is 0.378 e. The van der Waals surface area contributed by atoms with Crippen LogP contribution < -0.4 is 5.32 Å². The molecule has 0 saturated carbocycles. The number of nitrogens with one attached hydrogen (secondary N) is 1. The average molecular weight is 201 g/mol. The van der Waals surface area contributed by atoms with Crippen molar-refractivity contribution in [3.05, 3.63) is 0 Å². The Bertz CT molecular complexity index is 185. The Balaban J connectivity index is 1.96. The topological polar surface area (TPSA) is 44.8 Å². The molecule has 1 heterocycles. The lowest BCUT2D eigenvalue weighted by atomic mass is 10.5. The maximum atomic E-state index is 11.1. The predicted octanol–water partition coefficient (Wildman–Crippen LogP) is -0.410. The fourth-order valence-corrected chi connectivity index (χ4v) is 1.25. The van der Waals surface area contributed by atoms with Crippen molar-refractivity contribution in [1.29, 1.82) is 0 Å². The molecular weight excluding hydrogens is 182 g/mol. The van der Waals surface area contributed by atoms with E-state index in [2.05, 4.69) is 10.2 Å². The highest BCUT2D eigenvalue weighted by molar-refractivity contribution is 5.76. The van der Waals surface area contributed by atoms with E-state index in [4.69, 9.17) is 4.74 Å². The van der Waals surface area contributed by atoms with Crippen molar-refractivity contribution in [3.63, 3.8) is 0 Å². The van der Waals surface area contributed by atoms with E-state index in [0.717, 1.165) is 26.2 Å². The summed E-state index contributed by atoms with van der Waals surface area (Å²) in [5.74, 6) is 0. The lowest BCUT2D eigenvalue weighted by Gasteiger charge is -2.14. The lowest BCUT2D eigenvalue weighted by molar-refractivity contribution is 0.103. The Labute approximate surface area is 85.0 Å². The molecule has 0 aromatic rings. The van der Waals surface area contributed by atoms with Gasteiger partial charge in [0.2, 0.25) is 0 Å². The Morgan fingerprint density at radius 1 is 1.50 bits per heavy atom. The Morgan fingerprint density at radius 2 is 2.29 bits per heavy atom. The third kappa shape index (κ3) is 3.93. The quantitative estimate of drug-likeness (QED) is 0.594. The van der Waals surface area contributed by atoms with Crippen LogP contribution in [0.4, 0.5) is 4.79 Å². The Morgan fingerprint density at radius 3 is 2.86 bits per heavy atom. The van der Waals surface area contributed by atoms with Gasteiger partial charge in [-0.2, -0.15) is 0 Å². The van der Waals surface area contributed by atoms with Crippen LogP contribution in [0.2, 0.25) is 0 Å². The van der Waals surface area contributed by atoms with Crippen molar-refractivity contribution in [2.45, 2.75) is 0 Å². The molecule has 0 aromatic heterocycles. The molecule has 1 saturated heterocycles. The first-order chi connectivity index (χ1) is 6.70. The normalized spacial score (nSPS) is 16.5. The van der Waals surface area contributed by atoms with Gasteiger partial charge in [0.1, 0.15) is 0 Å². The lowest BCUT2D eigenvalue weighted by Crippen LogP contribution is -2.31. The van der Waals surface area contributed by atoms with E-state index < -0.39 is 0 Å². The van der Waals surface area contributed by atoms with Gasteiger partial charge in [-0.3, -0.25) is 0 Å². The molecule has 0 spiro atoms. The fourth-order valence-electron chi connectivity index (χ4n) is 1.25. The number of urea groups is 1. The van der Waals surface area contributed by atoms with Crippen LogP contribution in [-0.2, 0) is 4.74 Å². The van der Waals surface area contributed by atoms with Crippen LogP contribution in [-0.4, -0.2) is 69.3 Å².